The average Bonchev–Trinajstić information content (AvgIpc) is 2.81. The Morgan fingerprint density at radius 2 is 1.86 bits per heavy atom. The maximum absolute atomic E-state index is 13.0. The number of carbonyl (C=O) groups excluding carboxylic acids is 2. The molecule has 1 aromatic carbocycles. The lowest BCUT2D eigenvalue weighted by atomic mass is 9.93. The van der Waals surface area contributed by atoms with Gasteiger partial charge in [-0.2, -0.15) is 0 Å². The summed E-state index contributed by atoms with van der Waals surface area (Å²) in [5.41, 5.74) is 2.94. The van der Waals surface area contributed by atoms with Crippen LogP contribution in [0.2, 0.25) is 0 Å². The molecular weight excluding hydrogens is 276 g/mol. The molecule has 0 saturated carbocycles. The first-order valence-corrected chi connectivity index (χ1v) is 8.09. The number of carbonyl (C=O) groups is 2. The average molecular weight is 300 g/mol. The molecule has 3 aliphatic rings. The summed E-state index contributed by atoms with van der Waals surface area (Å²) in [5.74, 6) is 0.663. The molecular formula is C18H24N2O2. The molecule has 2 amide bonds. The summed E-state index contributed by atoms with van der Waals surface area (Å²) in [6.45, 7) is 7.89. The van der Waals surface area contributed by atoms with Crippen molar-refractivity contribution in [2.45, 2.75) is 39.7 Å². The number of hydrogen-bond donors (Lipinski definition) is 0. The monoisotopic (exact) mass is 300 g/mol. The van der Waals surface area contributed by atoms with E-state index in [-0.39, 0.29) is 17.9 Å². The van der Waals surface area contributed by atoms with Crippen molar-refractivity contribution in [3.63, 3.8) is 0 Å². The molecule has 1 aromatic rings. The van der Waals surface area contributed by atoms with Crippen LogP contribution in [-0.2, 0) is 4.79 Å². The molecule has 0 radical (unpaired) electrons. The Hall–Kier alpha value is -1.84. The van der Waals surface area contributed by atoms with Gasteiger partial charge >= 0.3 is 0 Å². The number of nitrogens with zero attached hydrogens (tertiary/aromatic N) is 2. The Labute approximate surface area is 132 Å². The number of aryl methyl sites for hydroxylation is 2. The van der Waals surface area contributed by atoms with Crippen LogP contribution in [0, 0.1) is 19.8 Å². The van der Waals surface area contributed by atoms with Crippen LogP contribution in [0.25, 0.3) is 0 Å². The number of fused-ring (bicyclic) bond motifs is 4. The highest BCUT2D eigenvalue weighted by molar-refractivity contribution is 5.96. The van der Waals surface area contributed by atoms with Gasteiger partial charge in [0, 0.05) is 38.2 Å². The molecule has 2 bridgehead atoms. The number of amides is 2. The summed E-state index contributed by atoms with van der Waals surface area (Å²) in [7, 11) is 0. The summed E-state index contributed by atoms with van der Waals surface area (Å²) in [4.78, 5) is 28.7. The van der Waals surface area contributed by atoms with Crippen LogP contribution < -0.4 is 0 Å². The fourth-order valence-electron chi connectivity index (χ4n) is 3.71. The third-order valence-corrected chi connectivity index (χ3v) is 5.04. The van der Waals surface area contributed by atoms with Gasteiger partial charge in [0.15, 0.2) is 0 Å². The molecule has 118 valence electrons. The van der Waals surface area contributed by atoms with Crippen molar-refractivity contribution < 1.29 is 9.59 Å². The summed E-state index contributed by atoms with van der Waals surface area (Å²) < 4.78 is 0. The van der Waals surface area contributed by atoms with E-state index in [4.69, 9.17) is 0 Å². The van der Waals surface area contributed by atoms with E-state index in [1.54, 1.807) is 6.92 Å². The van der Waals surface area contributed by atoms with Crippen LogP contribution in [0.3, 0.4) is 0 Å². The van der Waals surface area contributed by atoms with Gasteiger partial charge in [0.05, 0.1) is 0 Å². The van der Waals surface area contributed by atoms with Crippen LogP contribution in [0.15, 0.2) is 18.2 Å². The Kier molecular flexibility index (Phi) is 3.94. The van der Waals surface area contributed by atoms with Gasteiger partial charge in [-0.15, -0.1) is 0 Å². The van der Waals surface area contributed by atoms with Gasteiger partial charge in [-0.3, -0.25) is 9.59 Å². The quantitative estimate of drug-likeness (QED) is 0.799. The summed E-state index contributed by atoms with van der Waals surface area (Å²) in [5, 5.41) is 0. The van der Waals surface area contributed by atoms with Crippen molar-refractivity contribution in [2.24, 2.45) is 5.92 Å². The Morgan fingerprint density at radius 1 is 1.09 bits per heavy atom. The molecule has 2 atom stereocenters. The molecule has 3 aliphatic heterocycles. The van der Waals surface area contributed by atoms with E-state index in [0.29, 0.717) is 12.5 Å². The minimum absolute atomic E-state index is 0.123. The van der Waals surface area contributed by atoms with Gasteiger partial charge in [-0.1, -0.05) is 17.7 Å². The zero-order valence-corrected chi connectivity index (χ0v) is 13.6. The zero-order chi connectivity index (χ0) is 15.9. The lowest BCUT2D eigenvalue weighted by molar-refractivity contribution is -0.129. The van der Waals surface area contributed by atoms with E-state index in [9.17, 15) is 9.59 Å². The first-order chi connectivity index (χ1) is 10.5. The summed E-state index contributed by atoms with van der Waals surface area (Å²) in [6, 6.07) is 6.20. The van der Waals surface area contributed by atoms with Crippen molar-refractivity contribution in [1.29, 1.82) is 0 Å². The molecule has 0 spiro atoms. The molecule has 4 rings (SSSR count). The molecule has 0 N–H and O–H groups in total. The van der Waals surface area contributed by atoms with Gasteiger partial charge in [-0.05, 0) is 44.2 Å². The predicted molar refractivity (Wildman–Crippen MR) is 85.7 cm³/mol. The second kappa shape index (κ2) is 5.75. The van der Waals surface area contributed by atoms with Crippen molar-refractivity contribution >= 4 is 11.8 Å². The Balaban J connectivity index is 1.87. The molecule has 4 nitrogen and oxygen atoms in total. The van der Waals surface area contributed by atoms with Gasteiger partial charge in [0.2, 0.25) is 5.91 Å². The smallest absolute Gasteiger partial charge is 0.254 e. The molecule has 0 aromatic heterocycles. The van der Waals surface area contributed by atoms with E-state index in [1.165, 1.54) is 0 Å². The van der Waals surface area contributed by atoms with Gasteiger partial charge in [0.25, 0.3) is 5.91 Å². The molecule has 3 heterocycles. The third-order valence-electron chi connectivity index (χ3n) is 5.04. The highest BCUT2D eigenvalue weighted by atomic mass is 16.2. The number of benzene rings is 1. The van der Waals surface area contributed by atoms with E-state index in [2.05, 4.69) is 0 Å². The molecule has 0 aliphatic carbocycles. The summed E-state index contributed by atoms with van der Waals surface area (Å²) >= 11 is 0. The standard InChI is InChI=1S/C18H24N2O2/c1-12-4-5-13(2)17(8-12)18(22)20-10-15-6-7-16(20)11-19(9-15)14(3)21/h4-5,8,15-16H,6-7,9-11H2,1-3H3/t15-,16+/m0/s1. The van der Waals surface area contributed by atoms with Crippen molar-refractivity contribution in [2.75, 3.05) is 19.6 Å². The van der Waals surface area contributed by atoms with E-state index >= 15 is 0 Å². The lowest BCUT2D eigenvalue weighted by Crippen LogP contribution is -2.47. The van der Waals surface area contributed by atoms with Crippen LogP contribution in [0.1, 0.15) is 41.3 Å². The lowest BCUT2D eigenvalue weighted by Gasteiger charge is -2.36. The normalized spacial score (nSPS) is 24.3. The summed E-state index contributed by atoms with van der Waals surface area (Å²) in [6.07, 6.45) is 2.12. The third kappa shape index (κ3) is 2.74. The maximum Gasteiger partial charge on any atom is 0.254 e. The minimum Gasteiger partial charge on any atom is -0.341 e. The SMILES string of the molecule is CC(=O)N1C[C@@H]2CC[C@H](C1)N(C(=O)c1cc(C)ccc1C)C2. The van der Waals surface area contributed by atoms with Crippen LogP contribution in [0.5, 0.6) is 0 Å². The topological polar surface area (TPSA) is 40.6 Å². The van der Waals surface area contributed by atoms with Gasteiger partial charge < -0.3 is 9.80 Å². The first kappa shape index (κ1) is 15.1. The van der Waals surface area contributed by atoms with Crippen LogP contribution in [-0.4, -0.2) is 47.3 Å². The number of hydrogen-bond acceptors (Lipinski definition) is 2. The van der Waals surface area contributed by atoms with Crippen molar-refractivity contribution in [3.8, 4) is 0 Å². The minimum atomic E-state index is 0.123. The van der Waals surface area contributed by atoms with Crippen LogP contribution in [0.4, 0.5) is 0 Å². The van der Waals surface area contributed by atoms with E-state index in [1.807, 2.05) is 41.8 Å². The second-order valence-corrected chi connectivity index (χ2v) is 6.80. The fourth-order valence-corrected chi connectivity index (χ4v) is 3.71. The van der Waals surface area contributed by atoms with Gasteiger partial charge in [0.1, 0.15) is 0 Å². The van der Waals surface area contributed by atoms with Crippen molar-refractivity contribution in [1.82, 2.24) is 9.80 Å². The molecule has 0 unspecified atom stereocenters. The Morgan fingerprint density at radius 3 is 2.59 bits per heavy atom. The molecule has 3 saturated heterocycles. The molecule has 22 heavy (non-hydrogen) atoms. The van der Waals surface area contributed by atoms with Crippen molar-refractivity contribution in [3.05, 3.63) is 34.9 Å². The Bertz CT molecular complexity index is 611. The molecule has 3 fully saturated rings. The predicted octanol–water partition coefficient (Wildman–Crippen LogP) is 2.39. The van der Waals surface area contributed by atoms with Crippen LogP contribution >= 0.6 is 0 Å². The number of rotatable bonds is 1. The highest BCUT2D eigenvalue weighted by Crippen LogP contribution is 2.29. The maximum atomic E-state index is 13.0. The number of piperidine rings is 1. The molecule has 4 heteroatoms. The zero-order valence-electron chi connectivity index (χ0n) is 13.6. The second-order valence-electron chi connectivity index (χ2n) is 6.80. The largest absolute Gasteiger partial charge is 0.341 e. The highest BCUT2D eigenvalue weighted by Gasteiger charge is 2.38. The van der Waals surface area contributed by atoms with E-state index < -0.39 is 0 Å². The first-order valence-electron chi connectivity index (χ1n) is 8.09. The van der Waals surface area contributed by atoms with E-state index in [0.717, 1.165) is 42.6 Å². The fraction of sp³-hybridized carbons (Fsp3) is 0.556. The van der Waals surface area contributed by atoms with Gasteiger partial charge in [-0.25, -0.2) is 0 Å².